The lowest BCUT2D eigenvalue weighted by atomic mass is 9.97. The minimum Gasteiger partial charge on any atom is -0.422 e. The number of aromatic nitrogens is 2. The van der Waals surface area contributed by atoms with Gasteiger partial charge in [0.1, 0.15) is 16.4 Å². The first-order valence-corrected chi connectivity index (χ1v) is 10.2. The van der Waals surface area contributed by atoms with Gasteiger partial charge in [-0.1, -0.05) is 41.4 Å². The van der Waals surface area contributed by atoms with Crippen LogP contribution >= 0.6 is 11.6 Å². The average molecular weight is 447 g/mol. The molecule has 0 spiro atoms. The Morgan fingerprint density at radius 3 is 2.53 bits per heavy atom. The number of carbonyl (C=O) groups excluding carboxylic acids is 1. The van der Waals surface area contributed by atoms with Crippen molar-refractivity contribution >= 4 is 17.6 Å². The van der Waals surface area contributed by atoms with Crippen LogP contribution in [0.5, 0.6) is 5.75 Å². The Kier molecular flexibility index (Phi) is 5.88. The van der Waals surface area contributed by atoms with Crippen LogP contribution in [0.3, 0.4) is 0 Å². The smallest absolute Gasteiger partial charge is 0.348 e. The van der Waals surface area contributed by atoms with E-state index in [9.17, 15) is 9.59 Å². The van der Waals surface area contributed by atoms with Crippen LogP contribution in [0.1, 0.15) is 27.0 Å². The number of pyridine rings is 2. The molecule has 4 aromatic rings. The van der Waals surface area contributed by atoms with Crippen LogP contribution in [0.25, 0.3) is 22.6 Å². The van der Waals surface area contributed by atoms with Crippen LogP contribution in [0.15, 0.2) is 70.1 Å². The van der Waals surface area contributed by atoms with E-state index < -0.39 is 11.6 Å². The second kappa shape index (κ2) is 8.77. The van der Waals surface area contributed by atoms with Gasteiger partial charge >= 0.3 is 11.6 Å². The van der Waals surface area contributed by atoms with Crippen molar-refractivity contribution in [3.63, 3.8) is 0 Å². The van der Waals surface area contributed by atoms with E-state index in [0.717, 1.165) is 11.1 Å². The molecular formula is C25H19ClN2O4. The van der Waals surface area contributed by atoms with Crippen molar-refractivity contribution in [2.45, 2.75) is 20.8 Å². The molecule has 32 heavy (non-hydrogen) atoms. The number of esters is 1. The molecule has 3 aromatic heterocycles. The first-order chi connectivity index (χ1) is 15.3. The van der Waals surface area contributed by atoms with Gasteiger partial charge in [0.15, 0.2) is 11.5 Å². The SMILES string of the molecule is Cc1ccc(C)c(-c2c(OC(=O)c3ccc(Cl)nc3)c(C)c(-c3ccccn3)oc2=O)c1. The van der Waals surface area contributed by atoms with Crippen LogP contribution < -0.4 is 10.4 Å². The number of benzene rings is 1. The molecular weight excluding hydrogens is 428 g/mol. The van der Waals surface area contributed by atoms with Gasteiger partial charge in [-0.3, -0.25) is 4.98 Å². The summed E-state index contributed by atoms with van der Waals surface area (Å²) in [7, 11) is 0. The Morgan fingerprint density at radius 1 is 1.03 bits per heavy atom. The van der Waals surface area contributed by atoms with E-state index in [1.807, 2.05) is 32.0 Å². The normalized spacial score (nSPS) is 10.8. The number of hydrogen-bond acceptors (Lipinski definition) is 6. The summed E-state index contributed by atoms with van der Waals surface area (Å²) in [5, 5.41) is 0.256. The summed E-state index contributed by atoms with van der Waals surface area (Å²) >= 11 is 5.82. The molecule has 0 aliphatic heterocycles. The third-order valence-electron chi connectivity index (χ3n) is 5.02. The highest BCUT2D eigenvalue weighted by Crippen LogP contribution is 2.37. The molecule has 0 radical (unpaired) electrons. The summed E-state index contributed by atoms with van der Waals surface area (Å²) in [6.07, 6.45) is 2.92. The van der Waals surface area contributed by atoms with Crippen molar-refractivity contribution in [2.75, 3.05) is 0 Å². The third kappa shape index (κ3) is 4.18. The zero-order chi connectivity index (χ0) is 22.8. The number of nitrogens with zero attached hydrogens (tertiary/aromatic N) is 2. The Balaban J connectivity index is 1.94. The van der Waals surface area contributed by atoms with E-state index in [0.29, 0.717) is 16.8 Å². The molecule has 0 atom stereocenters. The quantitative estimate of drug-likeness (QED) is 0.301. The van der Waals surface area contributed by atoms with E-state index in [-0.39, 0.29) is 27.8 Å². The van der Waals surface area contributed by atoms with Crippen LogP contribution in [0.2, 0.25) is 5.15 Å². The van der Waals surface area contributed by atoms with E-state index in [4.69, 9.17) is 20.8 Å². The molecule has 0 saturated carbocycles. The van der Waals surface area contributed by atoms with Crippen molar-refractivity contribution in [2.24, 2.45) is 0 Å². The summed E-state index contributed by atoms with van der Waals surface area (Å²) in [6, 6.07) is 14.0. The second-order valence-electron chi connectivity index (χ2n) is 7.34. The Hall–Kier alpha value is -3.77. The van der Waals surface area contributed by atoms with Gasteiger partial charge in [0.25, 0.3) is 0 Å². The minimum absolute atomic E-state index is 0.121. The summed E-state index contributed by atoms with van der Waals surface area (Å²) < 4.78 is 11.5. The summed E-state index contributed by atoms with van der Waals surface area (Å²) in [4.78, 5) is 34.3. The van der Waals surface area contributed by atoms with Crippen LogP contribution in [-0.4, -0.2) is 15.9 Å². The second-order valence-corrected chi connectivity index (χ2v) is 7.73. The monoisotopic (exact) mass is 446 g/mol. The van der Waals surface area contributed by atoms with E-state index in [1.54, 1.807) is 31.3 Å². The first-order valence-electron chi connectivity index (χ1n) is 9.85. The predicted octanol–water partition coefficient (Wildman–Crippen LogP) is 5.56. The number of halogens is 1. The van der Waals surface area contributed by atoms with E-state index >= 15 is 0 Å². The van der Waals surface area contributed by atoms with Crippen molar-refractivity contribution < 1.29 is 13.9 Å². The summed E-state index contributed by atoms with van der Waals surface area (Å²) in [6.45, 7) is 5.53. The minimum atomic E-state index is -0.665. The molecule has 0 aliphatic carbocycles. The van der Waals surface area contributed by atoms with Gasteiger partial charge in [0, 0.05) is 18.0 Å². The fourth-order valence-electron chi connectivity index (χ4n) is 3.36. The molecule has 0 amide bonds. The van der Waals surface area contributed by atoms with Gasteiger partial charge in [-0.25, -0.2) is 14.6 Å². The largest absolute Gasteiger partial charge is 0.422 e. The number of ether oxygens (including phenoxy) is 1. The standard InChI is InChI=1S/C25H19ClN2O4/c1-14-7-8-15(2)18(12-14)21-23(32-24(29)17-9-10-20(26)28-13-17)16(3)22(31-25(21)30)19-6-4-5-11-27-19/h4-13H,1-3H3. The number of carbonyl (C=O) groups is 1. The zero-order valence-corrected chi connectivity index (χ0v) is 18.4. The lowest BCUT2D eigenvalue weighted by Gasteiger charge is -2.16. The van der Waals surface area contributed by atoms with Crippen LogP contribution in [0.4, 0.5) is 0 Å². The molecule has 3 heterocycles. The topological polar surface area (TPSA) is 82.3 Å². The molecule has 0 aliphatic rings. The Morgan fingerprint density at radius 2 is 1.84 bits per heavy atom. The van der Waals surface area contributed by atoms with Gasteiger partial charge in [-0.2, -0.15) is 0 Å². The van der Waals surface area contributed by atoms with Gasteiger partial charge < -0.3 is 9.15 Å². The van der Waals surface area contributed by atoms with Crippen molar-refractivity contribution in [3.05, 3.63) is 98.8 Å². The number of hydrogen-bond donors (Lipinski definition) is 0. The highest BCUT2D eigenvalue weighted by Gasteiger charge is 2.25. The van der Waals surface area contributed by atoms with Crippen molar-refractivity contribution in [1.29, 1.82) is 0 Å². The van der Waals surface area contributed by atoms with E-state index in [1.165, 1.54) is 18.3 Å². The first kappa shape index (κ1) is 21.5. The maximum absolute atomic E-state index is 13.2. The molecule has 0 saturated heterocycles. The lowest BCUT2D eigenvalue weighted by molar-refractivity contribution is 0.0733. The highest BCUT2D eigenvalue weighted by atomic mass is 35.5. The highest BCUT2D eigenvalue weighted by molar-refractivity contribution is 6.29. The molecule has 6 nitrogen and oxygen atoms in total. The molecule has 0 bridgehead atoms. The fourth-order valence-corrected chi connectivity index (χ4v) is 3.47. The molecule has 0 unspecified atom stereocenters. The summed E-state index contributed by atoms with van der Waals surface area (Å²) in [5.74, 6) is -0.307. The molecule has 1 aromatic carbocycles. The predicted molar refractivity (Wildman–Crippen MR) is 122 cm³/mol. The molecule has 0 N–H and O–H groups in total. The maximum atomic E-state index is 13.2. The molecule has 4 rings (SSSR count). The molecule has 0 fully saturated rings. The lowest BCUT2D eigenvalue weighted by Crippen LogP contribution is -2.16. The van der Waals surface area contributed by atoms with Gasteiger partial charge in [-0.05, 0) is 56.2 Å². The average Bonchev–Trinajstić information content (AvgIpc) is 2.79. The maximum Gasteiger partial charge on any atom is 0.348 e. The third-order valence-corrected chi connectivity index (χ3v) is 5.25. The Bertz CT molecular complexity index is 1360. The van der Waals surface area contributed by atoms with E-state index in [2.05, 4.69) is 9.97 Å². The van der Waals surface area contributed by atoms with Crippen molar-refractivity contribution in [3.8, 4) is 28.3 Å². The van der Waals surface area contributed by atoms with Crippen LogP contribution in [0, 0.1) is 20.8 Å². The molecule has 7 heteroatoms. The zero-order valence-electron chi connectivity index (χ0n) is 17.7. The molecule has 160 valence electrons. The van der Waals surface area contributed by atoms with Crippen molar-refractivity contribution in [1.82, 2.24) is 9.97 Å². The number of rotatable bonds is 4. The van der Waals surface area contributed by atoms with Gasteiger partial charge in [-0.15, -0.1) is 0 Å². The van der Waals surface area contributed by atoms with Gasteiger partial charge in [0.05, 0.1) is 5.56 Å². The van der Waals surface area contributed by atoms with Gasteiger partial charge in [0.2, 0.25) is 0 Å². The summed E-state index contributed by atoms with van der Waals surface area (Å²) in [5.41, 5.74) is 3.13. The Labute approximate surface area is 189 Å². The number of aryl methyl sites for hydroxylation is 2. The fraction of sp³-hybridized carbons (Fsp3) is 0.120. The van der Waals surface area contributed by atoms with Crippen LogP contribution in [-0.2, 0) is 0 Å².